The highest BCUT2D eigenvalue weighted by molar-refractivity contribution is 5.75. The summed E-state index contributed by atoms with van der Waals surface area (Å²) in [5, 5.41) is 35.3. The van der Waals surface area contributed by atoms with Crippen LogP contribution < -0.4 is 15.5 Å². The Hall–Kier alpha value is -3.56. The van der Waals surface area contributed by atoms with Gasteiger partial charge in [0.05, 0.1) is 50.0 Å². The van der Waals surface area contributed by atoms with Gasteiger partial charge >= 0.3 is 0 Å². The Bertz CT molecular complexity index is 623. The lowest BCUT2D eigenvalue weighted by molar-refractivity contribution is 0.765. The van der Waals surface area contributed by atoms with E-state index in [9.17, 15) is 0 Å². The van der Waals surface area contributed by atoms with Crippen molar-refractivity contribution in [2.75, 3.05) is 41.7 Å². The second-order valence-electron chi connectivity index (χ2n) is 5.04. The quantitative estimate of drug-likeness (QED) is 0.665. The number of hydrogen-bond acceptors (Lipinski definition) is 9. The number of nitrogens with two attached hydrogens (primary N) is 1. The lowest BCUT2D eigenvalue weighted by Crippen LogP contribution is -2.31. The Morgan fingerprint density at radius 3 is 1.32 bits per heavy atom. The molecule has 0 unspecified atom stereocenters. The molecule has 0 aliphatic carbocycles. The first-order valence-electron chi connectivity index (χ1n) is 7.77. The van der Waals surface area contributed by atoms with Gasteiger partial charge < -0.3 is 15.5 Å². The van der Waals surface area contributed by atoms with Crippen molar-refractivity contribution in [1.82, 2.24) is 9.97 Å². The molecule has 0 radical (unpaired) electrons. The second-order valence-corrected chi connectivity index (χ2v) is 5.04. The van der Waals surface area contributed by atoms with Gasteiger partial charge in [-0.05, 0) is 0 Å². The van der Waals surface area contributed by atoms with Gasteiger partial charge in [-0.25, -0.2) is 9.97 Å². The Labute approximate surface area is 147 Å². The van der Waals surface area contributed by atoms with Crippen LogP contribution in [-0.4, -0.2) is 36.1 Å². The predicted octanol–water partition coefficient (Wildman–Crippen LogP) is 1.33. The zero-order valence-electron chi connectivity index (χ0n) is 13.9. The van der Waals surface area contributed by atoms with Crippen LogP contribution in [0.4, 0.5) is 17.3 Å². The summed E-state index contributed by atoms with van der Waals surface area (Å²) in [7, 11) is 0. The van der Waals surface area contributed by atoms with E-state index in [0.29, 0.717) is 43.5 Å². The van der Waals surface area contributed by atoms with Crippen molar-refractivity contribution in [2.24, 2.45) is 0 Å². The molecule has 1 heterocycles. The molecule has 25 heavy (non-hydrogen) atoms. The van der Waals surface area contributed by atoms with Gasteiger partial charge in [-0.15, -0.1) is 0 Å². The third kappa shape index (κ3) is 5.86. The van der Waals surface area contributed by atoms with Crippen LogP contribution in [-0.2, 0) is 0 Å². The van der Waals surface area contributed by atoms with Crippen LogP contribution in [0.5, 0.6) is 0 Å². The van der Waals surface area contributed by atoms with Crippen LogP contribution in [0, 0.1) is 45.3 Å². The normalized spacial score (nSPS) is 9.28. The molecular weight excluding hydrogens is 318 g/mol. The highest BCUT2D eigenvalue weighted by Gasteiger charge is 2.18. The first kappa shape index (κ1) is 19.5. The predicted molar refractivity (Wildman–Crippen MR) is 91.8 cm³/mol. The molecule has 9 heteroatoms. The topological polar surface area (TPSA) is 153 Å². The summed E-state index contributed by atoms with van der Waals surface area (Å²) in [4.78, 5) is 12.0. The first-order chi connectivity index (χ1) is 12.2. The molecular formula is C16H19N9. The van der Waals surface area contributed by atoms with Crippen LogP contribution in [0.15, 0.2) is 6.33 Å². The molecule has 0 saturated carbocycles. The molecule has 0 spiro atoms. The summed E-state index contributed by atoms with van der Waals surface area (Å²) in [6.07, 6.45) is 2.46. The molecule has 0 saturated heterocycles. The van der Waals surface area contributed by atoms with Crippen LogP contribution in [0.2, 0.25) is 0 Å². The van der Waals surface area contributed by atoms with Crippen molar-refractivity contribution >= 4 is 17.3 Å². The van der Waals surface area contributed by atoms with E-state index in [1.54, 1.807) is 9.80 Å². The monoisotopic (exact) mass is 337 g/mol. The van der Waals surface area contributed by atoms with E-state index >= 15 is 0 Å². The number of nitrogen functional groups attached to an aromatic ring is 1. The molecule has 9 nitrogen and oxygen atoms in total. The number of rotatable bonds is 10. The Kier molecular flexibility index (Phi) is 8.61. The zero-order chi connectivity index (χ0) is 18.5. The van der Waals surface area contributed by atoms with Gasteiger partial charge in [0.15, 0.2) is 11.6 Å². The van der Waals surface area contributed by atoms with Crippen LogP contribution in [0.25, 0.3) is 0 Å². The molecule has 0 aliphatic heterocycles. The largest absolute Gasteiger partial charge is 0.393 e. The maximum absolute atomic E-state index is 8.82. The van der Waals surface area contributed by atoms with Gasteiger partial charge in [0.2, 0.25) is 0 Å². The summed E-state index contributed by atoms with van der Waals surface area (Å²) in [5.74, 6) is 0.906. The van der Waals surface area contributed by atoms with E-state index < -0.39 is 0 Å². The molecule has 1 rings (SSSR count). The Morgan fingerprint density at radius 2 is 1.04 bits per heavy atom. The minimum atomic E-state index is 0.275. The molecule has 0 bridgehead atoms. The first-order valence-corrected chi connectivity index (χ1v) is 7.77. The SMILES string of the molecule is N#CCCN(CCC#N)c1ncnc(N(CCC#N)CCC#N)c1N. The summed E-state index contributed by atoms with van der Waals surface area (Å²) in [6.45, 7) is 1.59. The molecule has 1 aromatic rings. The molecule has 0 fully saturated rings. The minimum Gasteiger partial charge on any atom is -0.393 e. The number of nitriles is 4. The standard InChI is InChI=1S/C16H19N9/c17-5-1-9-24(10-2-6-18)15-14(21)16(23-13-22-15)25(11-3-7-19)12-4-8-20/h13H,1-4,9-12,21H2. The van der Waals surface area contributed by atoms with Gasteiger partial charge in [-0.3, -0.25) is 0 Å². The fraction of sp³-hybridized carbons (Fsp3) is 0.500. The molecule has 0 aliphatic rings. The molecule has 128 valence electrons. The molecule has 0 atom stereocenters. The van der Waals surface area contributed by atoms with E-state index in [1.807, 2.05) is 0 Å². The summed E-state index contributed by atoms with van der Waals surface area (Å²) >= 11 is 0. The maximum Gasteiger partial charge on any atom is 0.157 e. The van der Waals surface area contributed by atoms with Gasteiger partial charge in [-0.2, -0.15) is 21.0 Å². The smallest absolute Gasteiger partial charge is 0.157 e. The van der Waals surface area contributed by atoms with Crippen molar-refractivity contribution in [3.63, 3.8) is 0 Å². The van der Waals surface area contributed by atoms with Crippen LogP contribution in [0.3, 0.4) is 0 Å². The van der Waals surface area contributed by atoms with E-state index in [1.165, 1.54) is 6.33 Å². The van der Waals surface area contributed by atoms with E-state index in [-0.39, 0.29) is 25.7 Å². The van der Waals surface area contributed by atoms with Gasteiger partial charge in [0.1, 0.15) is 12.0 Å². The number of anilines is 3. The van der Waals surface area contributed by atoms with Crippen molar-refractivity contribution in [1.29, 1.82) is 21.0 Å². The second kappa shape index (κ2) is 11.0. The van der Waals surface area contributed by atoms with E-state index in [2.05, 4.69) is 34.2 Å². The van der Waals surface area contributed by atoms with Crippen LogP contribution >= 0.6 is 0 Å². The van der Waals surface area contributed by atoms with Gasteiger partial charge in [0, 0.05) is 26.2 Å². The fourth-order valence-electron chi connectivity index (χ4n) is 2.27. The van der Waals surface area contributed by atoms with Crippen molar-refractivity contribution in [3.8, 4) is 24.3 Å². The highest BCUT2D eigenvalue weighted by atomic mass is 15.2. The summed E-state index contributed by atoms with van der Waals surface area (Å²) in [5.41, 5.74) is 6.55. The molecule has 2 N–H and O–H groups in total. The number of hydrogen-bond donors (Lipinski definition) is 1. The zero-order valence-corrected chi connectivity index (χ0v) is 13.9. The minimum absolute atomic E-state index is 0.275. The van der Waals surface area contributed by atoms with Crippen molar-refractivity contribution in [3.05, 3.63) is 6.33 Å². The summed E-state index contributed by atoms with van der Waals surface area (Å²) in [6, 6.07) is 8.26. The third-order valence-electron chi connectivity index (χ3n) is 3.42. The number of aromatic nitrogens is 2. The van der Waals surface area contributed by atoms with Gasteiger partial charge in [-0.1, -0.05) is 0 Å². The lowest BCUT2D eigenvalue weighted by Gasteiger charge is -2.27. The fourth-order valence-corrected chi connectivity index (χ4v) is 2.27. The van der Waals surface area contributed by atoms with E-state index in [4.69, 9.17) is 26.8 Å². The number of nitrogens with zero attached hydrogens (tertiary/aromatic N) is 8. The summed E-state index contributed by atoms with van der Waals surface area (Å²) < 4.78 is 0. The lowest BCUT2D eigenvalue weighted by atomic mass is 10.3. The maximum atomic E-state index is 8.82. The molecule has 0 amide bonds. The average molecular weight is 337 g/mol. The molecule has 1 aromatic heterocycles. The molecule has 0 aromatic carbocycles. The van der Waals surface area contributed by atoms with E-state index in [0.717, 1.165) is 0 Å². The Balaban J connectivity index is 3.15. The average Bonchev–Trinajstić information content (AvgIpc) is 2.63. The highest BCUT2D eigenvalue weighted by Crippen LogP contribution is 2.29. The Morgan fingerprint density at radius 1 is 0.720 bits per heavy atom. The van der Waals surface area contributed by atoms with Crippen LogP contribution in [0.1, 0.15) is 25.7 Å². The van der Waals surface area contributed by atoms with Crippen molar-refractivity contribution in [2.45, 2.75) is 25.7 Å². The van der Waals surface area contributed by atoms with Crippen molar-refractivity contribution < 1.29 is 0 Å². The third-order valence-corrected chi connectivity index (χ3v) is 3.42. The van der Waals surface area contributed by atoms with Gasteiger partial charge in [0.25, 0.3) is 0 Å².